The van der Waals surface area contributed by atoms with Gasteiger partial charge in [0.25, 0.3) is 0 Å². The summed E-state index contributed by atoms with van der Waals surface area (Å²) in [5.74, 6) is -0.0913. The molecule has 0 unspecified atom stereocenters. The Kier molecular flexibility index (Phi) is 11.0. The van der Waals surface area contributed by atoms with Crippen molar-refractivity contribution in [2.24, 2.45) is 0 Å². The maximum Gasteiger partial charge on any atom is 0.244 e. The second-order valence-electron chi connectivity index (χ2n) is 8.64. The van der Waals surface area contributed by atoms with E-state index in [2.05, 4.69) is 5.32 Å². The molecule has 0 bridgehead atoms. The fourth-order valence-electron chi connectivity index (χ4n) is 3.80. The van der Waals surface area contributed by atoms with E-state index in [1.54, 1.807) is 38.3 Å². The molecule has 1 N–H and O–H groups in total. The molecule has 0 heterocycles. The fourth-order valence-corrected chi connectivity index (χ4v) is 4.86. The predicted octanol–water partition coefficient (Wildman–Crippen LogP) is 4.15. The molecule has 8 nitrogen and oxygen atoms in total. The molecule has 0 aliphatic heterocycles. The van der Waals surface area contributed by atoms with Gasteiger partial charge in [0, 0.05) is 18.1 Å². The lowest BCUT2D eigenvalue weighted by molar-refractivity contribution is -0.140. The Hall–Kier alpha value is -2.78. The van der Waals surface area contributed by atoms with Gasteiger partial charge in [0.15, 0.2) is 0 Å². The Morgan fingerprint density at radius 3 is 2.33 bits per heavy atom. The second-order valence-corrected chi connectivity index (χ2v) is 11.0. The molecule has 0 aliphatic carbocycles. The van der Waals surface area contributed by atoms with Gasteiger partial charge >= 0.3 is 0 Å². The minimum absolute atomic E-state index is 0.134. The normalized spacial score (nSPS) is 12.1. The Morgan fingerprint density at radius 1 is 1.11 bits per heavy atom. The number of rotatable bonds is 13. The molecule has 2 aromatic carbocycles. The van der Waals surface area contributed by atoms with Crippen molar-refractivity contribution in [1.29, 1.82) is 0 Å². The minimum atomic E-state index is -3.83. The molecule has 0 aliphatic rings. The highest BCUT2D eigenvalue weighted by molar-refractivity contribution is 7.92. The number of aryl methyl sites for hydroxylation is 1. The van der Waals surface area contributed by atoms with E-state index in [0.717, 1.165) is 29.0 Å². The number of ether oxygens (including phenoxy) is 1. The van der Waals surface area contributed by atoms with Crippen LogP contribution in [0.2, 0.25) is 5.02 Å². The summed E-state index contributed by atoms with van der Waals surface area (Å²) in [7, 11) is -2.26. The van der Waals surface area contributed by atoms with Gasteiger partial charge in [-0.2, -0.15) is 0 Å². The van der Waals surface area contributed by atoms with Gasteiger partial charge in [0.1, 0.15) is 18.3 Å². The molecule has 0 aromatic heterocycles. The number of sulfonamides is 1. The lowest BCUT2D eigenvalue weighted by Crippen LogP contribution is -2.52. The Bertz CT molecular complexity index is 1140. The van der Waals surface area contributed by atoms with Crippen molar-refractivity contribution in [2.75, 3.05) is 30.8 Å². The van der Waals surface area contributed by atoms with Gasteiger partial charge < -0.3 is 15.0 Å². The molecule has 36 heavy (non-hydrogen) atoms. The molecule has 0 spiro atoms. The van der Waals surface area contributed by atoms with Crippen molar-refractivity contribution in [2.45, 2.75) is 52.6 Å². The van der Waals surface area contributed by atoms with Gasteiger partial charge in [-0.05, 0) is 55.2 Å². The third-order valence-corrected chi connectivity index (χ3v) is 7.21. The molecule has 0 saturated carbocycles. The summed E-state index contributed by atoms with van der Waals surface area (Å²) in [5.41, 5.74) is 1.76. The number of methoxy groups -OCH3 is 1. The first-order valence-corrected chi connectivity index (χ1v) is 14.2. The maximum absolute atomic E-state index is 13.7. The smallest absolute Gasteiger partial charge is 0.244 e. The minimum Gasteiger partial charge on any atom is -0.497 e. The van der Waals surface area contributed by atoms with Crippen LogP contribution in [-0.4, -0.2) is 57.6 Å². The van der Waals surface area contributed by atoms with Crippen LogP contribution in [0.5, 0.6) is 5.75 Å². The number of nitrogens with zero attached hydrogens (tertiary/aromatic N) is 2. The lowest BCUT2D eigenvalue weighted by Gasteiger charge is -2.33. The molecule has 10 heteroatoms. The third kappa shape index (κ3) is 8.13. The number of nitrogens with one attached hydrogen (secondary N) is 1. The summed E-state index contributed by atoms with van der Waals surface area (Å²) < 4.78 is 31.8. The number of carbonyl (C=O) groups is 2. The molecule has 0 radical (unpaired) electrons. The van der Waals surface area contributed by atoms with Gasteiger partial charge in [-0.15, -0.1) is 0 Å². The Labute approximate surface area is 219 Å². The van der Waals surface area contributed by atoms with Gasteiger partial charge in [-0.3, -0.25) is 13.9 Å². The highest BCUT2D eigenvalue weighted by atomic mass is 35.5. The van der Waals surface area contributed by atoms with Crippen molar-refractivity contribution >= 4 is 39.1 Å². The van der Waals surface area contributed by atoms with Gasteiger partial charge in [0.05, 0.1) is 19.1 Å². The van der Waals surface area contributed by atoms with Crippen LogP contribution < -0.4 is 14.4 Å². The SMILES string of the molecule is CCCCNC(=O)[C@@H](CC)N(Cc1ccc(OC)cc1)C(=O)CN(c1cc(Cl)ccc1C)S(C)(=O)=O. The van der Waals surface area contributed by atoms with E-state index in [0.29, 0.717) is 35.0 Å². The second kappa shape index (κ2) is 13.5. The van der Waals surface area contributed by atoms with Crippen molar-refractivity contribution in [1.82, 2.24) is 10.2 Å². The number of halogens is 1. The quantitative estimate of drug-likeness (QED) is 0.387. The number of hydrogen-bond donors (Lipinski definition) is 1. The van der Waals surface area contributed by atoms with Crippen LogP contribution in [-0.2, 0) is 26.2 Å². The zero-order chi connectivity index (χ0) is 26.9. The predicted molar refractivity (Wildman–Crippen MR) is 144 cm³/mol. The molecule has 0 saturated heterocycles. The average Bonchev–Trinajstić information content (AvgIpc) is 2.83. The van der Waals surface area contributed by atoms with E-state index >= 15 is 0 Å². The zero-order valence-corrected chi connectivity index (χ0v) is 23.2. The molecule has 1 atom stereocenters. The van der Waals surface area contributed by atoms with Crippen molar-refractivity contribution in [3.05, 3.63) is 58.6 Å². The highest BCUT2D eigenvalue weighted by Gasteiger charge is 2.32. The van der Waals surface area contributed by atoms with Crippen LogP contribution in [0.25, 0.3) is 0 Å². The molecular formula is C26H36ClN3O5S. The molecule has 2 rings (SSSR count). The number of anilines is 1. The number of carbonyl (C=O) groups excluding carboxylic acids is 2. The van der Waals surface area contributed by atoms with Crippen molar-refractivity contribution < 1.29 is 22.7 Å². The van der Waals surface area contributed by atoms with E-state index in [-0.39, 0.29) is 12.5 Å². The largest absolute Gasteiger partial charge is 0.497 e. The van der Waals surface area contributed by atoms with Crippen molar-refractivity contribution in [3.63, 3.8) is 0 Å². The van der Waals surface area contributed by atoms with E-state index < -0.39 is 28.5 Å². The van der Waals surface area contributed by atoms with Crippen molar-refractivity contribution in [3.8, 4) is 5.75 Å². The monoisotopic (exact) mass is 537 g/mol. The van der Waals surface area contributed by atoms with Crippen LogP contribution in [0, 0.1) is 6.92 Å². The standard InChI is InChI=1S/C26H36ClN3O5S/c1-6-8-15-28-26(32)23(7-2)29(17-20-10-13-22(35-4)14-11-20)25(31)18-30(36(5,33)34)24-16-21(27)12-9-19(24)3/h9-14,16,23H,6-8,15,17-18H2,1-5H3,(H,28,32)/t23-/m1/s1. The number of amides is 2. The zero-order valence-electron chi connectivity index (χ0n) is 21.6. The van der Waals surface area contributed by atoms with Crippen LogP contribution in [0.1, 0.15) is 44.2 Å². The average molecular weight is 538 g/mol. The third-order valence-electron chi connectivity index (χ3n) is 5.85. The Morgan fingerprint density at radius 2 is 1.78 bits per heavy atom. The molecule has 2 aromatic rings. The summed E-state index contributed by atoms with van der Waals surface area (Å²) in [5, 5.41) is 3.26. The van der Waals surface area contributed by atoms with Crippen LogP contribution in [0.3, 0.4) is 0 Å². The summed E-state index contributed by atoms with van der Waals surface area (Å²) in [6, 6.07) is 11.3. The summed E-state index contributed by atoms with van der Waals surface area (Å²) in [4.78, 5) is 28.2. The molecular weight excluding hydrogens is 502 g/mol. The first-order valence-electron chi connectivity index (χ1n) is 12.0. The number of unbranched alkanes of at least 4 members (excludes halogenated alkanes) is 1. The first kappa shape index (κ1) is 29.5. The van der Waals surface area contributed by atoms with E-state index in [4.69, 9.17) is 16.3 Å². The number of hydrogen-bond acceptors (Lipinski definition) is 5. The Balaban J connectivity index is 2.44. The molecule has 198 valence electrons. The lowest BCUT2D eigenvalue weighted by atomic mass is 10.1. The van der Waals surface area contributed by atoms with E-state index in [9.17, 15) is 18.0 Å². The highest BCUT2D eigenvalue weighted by Crippen LogP contribution is 2.27. The molecule has 0 fully saturated rings. The summed E-state index contributed by atoms with van der Waals surface area (Å²) >= 11 is 6.14. The first-order chi connectivity index (χ1) is 17.0. The van der Waals surface area contributed by atoms with Gasteiger partial charge in [-0.1, -0.05) is 50.1 Å². The molecule has 2 amide bonds. The fraction of sp³-hybridized carbons (Fsp3) is 0.462. The van der Waals surface area contributed by atoms with E-state index in [1.165, 1.54) is 11.0 Å². The van der Waals surface area contributed by atoms with Crippen LogP contribution >= 0.6 is 11.6 Å². The van der Waals surface area contributed by atoms with Gasteiger partial charge in [-0.25, -0.2) is 8.42 Å². The van der Waals surface area contributed by atoms with Crippen LogP contribution in [0.15, 0.2) is 42.5 Å². The number of benzene rings is 2. The van der Waals surface area contributed by atoms with E-state index in [1.807, 2.05) is 26.0 Å². The maximum atomic E-state index is 13.7. The van der Waals surface area contributed by atoms with Gasteiger partial charge in [0.2, 0.25) is 21.8 Å². The van der Waals surface area contributed by atoms with Crippen LogP contribution in [0.4, 0.5) is 5.69 Å². The summed E-state index contributed by atoms with van der Waals surface area (Å²) in [6.45, 7) is 5.78. The summed E-state index contributed by atoms with van der Waals surface area (Å²) in [6.07, 6.45) is 3.16. The topological polar surface area (TPSA) is 96.0 Å².